The third-order valence-corrected chi connectivity index (χ3v) is 1.68. The van der Waals surface area contributed by atoms with Gasteiger partial charge in [-0.2, -0.15) is 0 Å². The summed E-state index contributed by atoms with van der Waals surface area (Å²) in [6.45, 7) is 6.21. The maximum atomic E-state index is 9.48. The van der Waals surface area contributed by atoms with E-state index in [0.29, 0.717) is 6.54 Å². The van der Waals surface area contributed by atoms with Gasteiger partial charge in [0.2, 0.25) is 0 Å². The van der Waals surface area contributed by atoms with E-state index in [1.807, 2.05) is 0 Å². The van der Waals surface area contributed by atoms with Gasteiger partial charge in [0.05, 0.1) is 5.60 Å². The quantitative estimate of drug-likeness (QED) is 0.607. The Labute approximate surface area is 69.1 Å². The molecule has 0 rings (SSSR count). The molecule has 0 fully saturated rings. The molecule has 0 bridgehead atoms. The third kappa shape index (κ3) is 6.07. The van der Waals surface area contributed by atoms with E-state index in [2.05, 4.69) is 19.9 Å². The molecular weight excluding hydrogens is 138 g/mol. The summed E-state index contributed by atoms with van der Waals surface area (Å²) in [5.41, 5.74) is 5.95. The van der Waals surface area contributed by atoms with E-state index in [1.165, 1.54) is 5.57 Å². The topological polar surface area (TPSA) is 46.2 Å². The summed E-state index contributed by atoms with van der Waals surface area (Å²) >= 11 is 0. The molecule has 11 heavy (non-hydrogen) atoms. The van der Waals surface area contributed by atoms with Crippen LogP contribution in [0.3, 0.4) is 0 Å². The van der Waals surface area contributed by atoms with Gasteiger partial charge in [0, 0.05) is 6.54 Å². The van der Waals surface area contributed by atoms with E-state index in [-0.39, 0.29) is 0 Å². The van der Waals surface area contributed by atoms with E-state index in [0.717, 1.165) is 12.8 Å². The summed E-state index contributed by atoms with van der Waals surface area (Å²) in [7, 11) is 0. The van der Waals surface area contributed by atoms with Gasteiger partial charge in [-0.3, -0.25) is 0 Å². The van der Waals surface area contributed by atoms with Gasteiger partial charge in [0.1, 0.15) is 0 Å². The van der Waals surface area contributed by atoms with Crippen LogP contribution >= 0.6 is 0 Å². The van der Waals surface area contributed by atoms with Crippen molar-refractivity contribution < 1.29 is 5.11 Å². The molecule has 2 heteroatoms. The number of hydrogen-bond acceptors (Lipinski definition) is 2. The lowest BCUT2D eigenvalue weighted by atomic mass is 10.00. The molecule has 66 valence electrons. The van der Waals surface area contributed by atoms with Crippen LogP contribution in [0.5, 0.6) is 0 Å². The zero-order valence-electron chi connectivity index (χ0n) is 7.72. The summed E-state index contributed by atoms with van der Waals surface area (Å²) in [5.74, 6) is 0. The van der Waals surface area contributed by atoms with Crippen molar-refractivity contribution in [2.45, 2.75) is 39.2 Å². The van der Waals surface area contributed by atoms with Crippen molar-refractivity contribution in [1.29, 1.82) is 0 Å². The number of allylic oxidation sites excluding steroid dienone is 2. The maximum Gasteiger partial charge on any atom is 0.0744 e. The summed E-state index contributed by atoms with van der Waals surface area (Å²) in [5, 5.41) is 9.48. The van der Waals surface area contributed by atoms with Gasteiger partial charge in [0.25, 0.3) is 0 Å². The van der Waals surface area contributed by atoms with Crippen LogP contribution in [0.4, 0.5) is 0 Å². The Morgan fingerprint density at radius 3 is 2.45 bits per heavy atom. The minimum atomic E-state index is -0.689. The van der Waals surface area contributed by atoms with Crippen molar-refractivity contribution in [3.8, 4) is 0 Å². The molecule has 0 saturated heterocycles. The molecule has 0 radical (unpaired) electrons. The minimum Gasteiger partial charge on any atom is -0.389 e. The summed E-state index contributed by atoms with van der Waals surface area (Å²) in [6.07, 6.45) is 3.77. The molecule has 0 aliphatic carbocycles. The Hall–Kier alpha value is -0.340. The van der Waals surface area contributed by atoms with Crippen molar-refractivity contribution in [2.75, 3.05) is 6.54 Å². The summed E-state index contributed by atoms with van der Waals surface area (Å²) in [4.78, 5) is 0. The average molecular weight is 157 g/mol. The Balaban J connectivity index is 3.62. The van der Waals surface area contributed by atoms with Crippen LogP contribution < -0.4 is 5.73 Å². The summed E-state index contributed by atoms with van der Waals surface area (Å²) in [6, 6.07) is 0. The molecule has 0 saturated carbocycles. The zero-order chi connectivity index (χ0) is 8.91. The van der Waals surface area contributed by atoms with E-state index >= 15 is 0 Å². The number of rotatable bonds is 4. The molecule has 0 aromatic carbocycles. The Morgan fingerprint density at radius 1 is 1.55 bits per heavy atom. The molecular formula is C9H19NO. The molecule has 1 atom stereocenters. The molecule has 0 spiro atoms. The van der Waals surface area contributed by atoms with Gasteiger partial charge in [0.15, 0.2) is 0 Å². The molecule has 0 heterocycles. The summed E-state index contributed by atoms with van der Waals surface area (Å²) < 4.78 is 0. The second-order valence-corrected chi connectivity index (χ2v) is 3.52. The molecule has 3 N–H and O–H groups in total. The van der Waals surface area contributed by atoms with Crippen LogP contribution in [0.2, 0.25) is 0 Å². The van der Waals surface area contributed by atoms with Crippen LogP contribution in [0.15, 0.2) is 11.6 Å². The lowest BCUT2D eigenvalue weighted by molar-refractivity contribution is 0.0610. The van der Waals surface area contributed by atoms with Crippen LogP contribution in [-0.2, 0) is 0 Å². The first-order chi connectivity index (χ1) is 4.98. The zero-order valence-corrected chi connectivity index (χ0v) is 7.72. The SMILES string of the molecule is CC(C)=CCCC(C)(O)CN. The van der Waals surface area contributed by atoms with Crippen molar-refractivity contribution in [3.63, 3.8) is 0 Å². The fourth-order valence-electron chi connectivity index (χ4n) is 0.774. The van der Waals surface area contributed by atoms with E-state index < -0.39 is 5.60 Å². The molecule has 0 aliphatic rings. The largest absolute Gasteiger partial charge is 0.389 e. The molecule has 0 aliphatic heterocycles. The second-order valence-electron chi connectivity index (χ2n) is 3.52. The Morgan fingerprint density at radius 2 is 2.09 bits per heavy atom. The first-order valence-corrected chi connectivity index (χ1v) is 4.04. The number of nitrogens with two attached hydrogens (primary N) is 1. The Bertz CT molecular complexity index is 134. The minimum absolute atomic E-state index is 0.337. The monoisotopic (exact) mass is 157 g/mol. The van der Waals surface area contributed by atoms with Crippen molar-refractivity contribution >= 4 is 0 Å². The van der Waals surface area contributed by atoms with Crippen LogP contribution in [0.25, 0.3) is 0 Å². The van der Waals surface area contributed by atoms with Crippen LogP contribution in [-0.4, -0.2) is 17.3 Å². The molecule has 0 amide bonds. The van der Waals surface area contributed by atoms with E-state index in [4.69, 9.17) is 5.73 Å². The smallest absolute Gasteiger partial charge is 0.0744 e. The fraction of sp³-hybridized carbons (Fsp3) is 0.778. The average Bonchev–Trinajstić information content (AvgIpc) is 1.87. The highest BCUT2D eigenvalue weighted by Crippen LogP contribution is 2.10. The van der Waals surface area contributed by atoms with Gasteiger partial charge in [-0.1, -0.05) is 11.6 Å². The molecule has 2 nitrogen and oxygen atoms in total. The normalized spacial score (nSPS) is 15.7. The van der Waals surface area contributed by atoms with Crippen molar-refractivity contribution in [1.82, 2.24) is 0 Å². The predicted octanol–water partition coefficient (Wildman–Crippen LogP) is 1.44. The first-order valence-electron chi connectivity index (χ1n) is 4.04. The van der Waals surface area contributed by atoms with Crippen LogP contribution in [0, 0.1) is 0 Å². The second kappa shape index (κ2) is 4.52. The molecule has 1 unspecified atom stereocenters. The fourth-order valence-corrected chi connectivity index (χ4v) is 0.774. The first kappa shape index (κ1) is 10.7. The van der Waals surface area contributed by atoms with Gasteiger partial charge in [-0.05, 0) is 33.6 Å². The standard InChI is InChI=1S/C9H19NO/c1-8(2)5-4-6-9(3,11)7-10/h5,11H,4,6-7,10H2,1-3H3. The number of hydrogen-bond donors (Lipinski definition) is 2. The lowest BCUT2D eigenvalue weighted by Gasteiger charge is -2.19. The van der Waals surface area contributed by atoms with Crippen molar-refractivity contribution in [2.24, 2.45) is 5.73 Å². The number of aliphatic hydroxyl groups is 1. The van der Waals surface area contributed by atoms with Crippen LogP contribution in [0.1, 0.15) is 33.6 Å². The van der Waals surface area contributed by atoms with Gasteiger partial charge in [-0.15, -0.1) is 0 Å². The van der Waals surface area contributed by atoms with Gasteiger partial charge in [-0.25, -0.2) is 0 Å². The van der Waals surface area contributed by atoms with Crippen molar-refractivity contribution in [3.05, 3.63) is 11.6 Å². The third-order valence-electron chi connectivity index (χ3n) is 1.68. The highest BCUT2D eigenvalue weighted by atomic mass is 16.3. The maximum absolute atomic E-state index is 9.48. The Kier molecular flexibility index (Phi) is 4.38. The lowest BCUT2D eigenvalue weighted by Crippen LogP contribution is -2.33. The van der Waals surface area contributed by atoms with E-state index in [1.54, 1.807) is 6.92 Å². The highest BCUT2D eigenvalue weighted by molar-refractivity contribution is 4.94. The molecule has 0 aromatic rings. The predicted molar refractivity (Wildman–Crippen MR) is 48.3 cm³/mol. The highest BCUT2D eigenvalue weighted by Gasteiger charge is 2.15. The van der Waals surface area contributed by atoms with Gasteiger partial charge < -0.3 is 10.8 Å². The molecule has 0 aromatic heterocycles. The van der Waals surface area contributed by atoms with E-state index in [9.17, 15) is 5.11 Å². The van der Waals surface area contributed by atoms with Gasteiger partial charge >= 0.3 is 0 Å².